The van der Waals surface area contributed by atoms with E-state index < -0.39 is 0 Å². The molecule has 9 heavy (non-hydrogen) atoms. The molecular formula is C8H17O. The topological polar surface area (TPSA) is 9.23 Å². The number of rotatable bonds is 6. The first-order valence-electron chi connectivity index (χ1n) is 3.77. The smallest absolute Gasteiger partial charge is 0.0495 e. The van der Waals surface area contributed by atoms with E-state index in [2.05, 4.69) is 6.92 Å². The van der Waals surface area contributed by atoms with Gasteiger partial charge in [0.1, 0.15) is 0 Å². The Bertz CT molecular complexity index is 37.8. The molecule has 0 aliphatic carbocycles. The lowest BCUT2D eigenvalue weighted by atomic mass is 10.3. The Morgan fingerprint density at radius 2 is 2.11 bits per heavy atom. The van der Waals surface area contributed by atoms with Crippen molar-refractivity contribution in [1.82, 2.24) is 0 Å². The summed E-state index contributed by atoms with van der Waals surface area (Å²) in [5.74, 6) is 0. The van der Waals surface area contributed by atoms with E-state index in [0.29, 0.717) is 0 Å². The lowest BCUT2D eigenvalue weighted by Gasteiger charge is -1.99. The fraction of sp³-hybridized carbons (Fsp3) is 0.875. The van der Waals surface area contributed by atoms with Gasteiger partial charge in [-0.1, -0.05) is 26.7 Å². The van der Waals surface area contributed by atoms with Crippen LogP contribution < -0.4 is 0 Å². The van der Waals surface area contributed by atoms with E-state index in [-0.39, 0.29) is 0 Å². The largest absolute Gasteiger partial charge is 0.381 e. The second-order valence-electron chi connectivity index (χ2n) is 2.19. The summed E-state index contributed by atoms with van der Waals surface area (Å²) in [6, 6.07) is 0. The van der Waals surface area contributed by atoms with Gasteiger partial charge in [0.25, 0.3) is 0 Å². The third-order valence-corrected chi connectivity index (χ3v) is 1.18. The maximum atomic E-state index is 5.23. The number of unbranched alkanes of at least 4 members (excludes halogenated alkanes) is 2. The van der Waals surface area contributed by atoms with Crippen molar-refractivity contribution in [2.24, 2.45) is 0 Å². The summed E-state index contributed by atoms with van der Waals surface area (Å²) in [7, 11) is 0. The Balaban J connectivity index is 2.60. The van der Waals surface area contributed by atoms with E-state index in [1.54, 1.807) is 0 Å². The van der Waals surface area contributed by atoms with Gasteiger partial charge in [-0.25, -0.2) is 0 Å². The third kappa shape index (κ3) is 7.96. The maximum Gasteiger partial charge on any atom is 0.0495 e. The highest BCUT2D eigenvalue weighted by molar-refractivity contribution is 4.50. The first-order chi connectivity index (χ1) is 4.41. The standard InChI is InChI=1S/C8H17O/c1-3-5-6-8-9-7-4-2/h4H,3,5-8H2,1-2H3. The summed E-state index contributed by atoms with van der Waals surface area (Å²) in [5.41, 5.74) is 0. The molecular weight excluding hydrogens is 112 g/mol. The van der Waals surface area contributed by atoms with Crippen LogP contribution in [0.5, 0.6) is 0 Å². The van der Waals surface area contributed by atoms with Crippen LogP contribution in [-0.2, 0) is 4.74 Å². The molecule has 0 aromatic rings. The minimum atomic E-state index is 0.809. The van der Waals surface area contributed by atoms with Crippen molar-refractivity contribution < 1.29 is 4.74 Å². The minimum absolute atomic E-state index is 0.809. The molecule has 0 amide bonds. The van der Waals surface area contributed by atoms with Crippen molar-refractivity contribution in [2.75, 3.05) is 13.2 Å². The molecule has 0 aliphatic rings. The van der Waals surface area contributed by atoms with Gasteiger partial charge >= 0.3 is 0 Å². The summed E-state index contributed by atoms with van der Waals surface area (Å²) in [5, 5.41) is 0. The highest BCUT2D eigenvalue weighted by Crippen LogP contribution is 1.93. The molecule has 1 radical (unpaired) electrons. The van der Waals surface area contributed by atoms with Gasteiger partial charge in [0.05, 0.1) is 0 Å². The van der Waals surface area contributed by atoms with Crippen LogP contribution in [0, 0.1) is 6.42 Å². The van der Waals surface area contributed by atoms with Gasteiger partial charge in [0.2, 0.25) is 0 Å². The van der Waals surface area contributed by atoms with Crippen molar-refractivity contribution in [1.29, 1.82) is 0 Å². The van der Waals surface area contributed by atoms with Gasteiger partial charge < -0.3 is 4.74 Å². The Kier molecular flexibility index (Phi) is 7.92. The van der Waals surface area contributed by atoms with Crippen LogP contribution in [0.2, 0.25) is 0 Å². The molecule has 0 saturated heterocycles. The zero-order chi connectivity index (χ0) is 6.95. The SMILES string of the molecule is C[CH]COCCCCC. The molecule has 0 atom stereocenters. The monoisotopic (exact) mass is 129 g/mol. The van der Waals surface area contributed by atoms with Crippen LogP contribution in [0.25, 0.3) is 0 Å². The van der Waals surface area contributed by atoms with Crippen LogP contribution in [-0.4, -0.2) is 13.2 Å². The van der Waals surface area contributed by atoms with Gasteiger partial charge in [-0.2, -0.15) is 0 Å². The lowest BCUT2D eigenvalue weighted by Crippen LogP contribution is -1.95. The Morgan fingerprint density at radius 3 is 2.67 bits per heavy atom. The number of hydrogen-bond acceptors (Lipinski definition) is 1. The van der Waals surface area contributed by atoms with E-state index in [1.165, 1.54) is 19.3 Å². The van der Waals surface area contributed by atoms with E-state index in [9.17, 15) is 0 Å². The van der Waals surface area contributed by atoms with Crippen molar-refractivity contribution >= 4 is 0 Å². The fourth-order valence-corrected chi connectivity index (χ4v) is 0.655. The van der Waals surface area contributed by atoms with Crippen LogP contribution >= 0.6 is 0 Å². The quantitative estimate of drug-likeness (QED) is 0.500. The molecule has 55 valence electrons. The molecule has 0 aromatic heterocycles. The van der Waals surface area contributed by atoms with Gasteiger partial charge in [-0.15, -0.1) is 0 Å². The first-order valence-corrected chi connectivity index (χ1v) is 3.77. The second kappa shape index (κ2) is 7.96. The van der Waals surface area contributed by atoms with Gasteiger partial charge in [-0.05, 0) is 12.8 Å². The molecule has 0 rings (SSSR count). The number of ether oxygens (including phenoxy) is 1. The molecule has 0 spiro atoms. The zero-order valence-corrected chi connectivity index (χ0v) is 6.52. The van der Waals surface area contributed by atoms with Gasteiger partial charge in [0.15, 0.2) is 0 Å². The fourth-order valence-electron chi connectivity index (χ4n) is 0.655. The summed E-state index contributed by atoms with van der Waals surface area (Å²) in [6.45, 7) is 5.95. The van der Waals surface area contributed by atoms with E-state index >= 15 is 0 Å². The summed E-state index contributed by atoms with van der Waals surface area (Å²) in [6.07, 6.45) is 5.82. The van der Waals surface area contributed by atoms with Crippen LogP contribution in [0.3, 0.4) is 0 Å². The molecule has 0 N–H and O–H groups in total. The normalized spacial score (nSPS) is 10.0. The van der Waals surface area contributed by atoms with Crippen LogP contribution in [0.4, 0.5) is 0 Å². The van der Waals surface area contributed by atoms with Gasteiger partial charge in [-0.3, -0.25) is 0 Å². The number of hydrogen-bond donors (Lipinski definition) is 0. The molecule has 0 unspecified atom stereocenters. The van der Waals surface area contributed by atoms with E-state index in [4.69, 9.17) is 4.74 Å². The highest BCUT2D eigenvalue weighted by Gasteiger charge is 1.84. The average Bonchev–Trinajstić information content (AvgIpc) is 1.89. The maximum absolute atomic E-state index is 5.23. The lowest BCUT2D eigenvalue weighted by molar-refractivity contribution is 0.150. The van der Waals surface area contributed by atoms with Gasteiger partial charge in [0, 0.05) is 13.2 Å². The van der Waals surface area contributed by atoms with Crippen molar-refractivity contribution in [3.05, 3.63) is 6.42 Å². The van der Waals surface area contributed by atoms with Crippen molar-refractivity contribution in [3.8, 4) is 0 Å². The molecule has 0 aromatic carbocycles. The Morgan fingerprint density at radius 1 is 1.33 bits per heavy atom. The van der Waals surface area contributed by atoms with E-state index in [1.807, 2.05) is 13.3 Å². The predicted molar refractivity (Wildman–Crippen MR) is 40.3 cm³/mol. The summed E-state index contributed by atoms with van der Waals surface area (Å²) >= 11 is 0. The Hall–Kier alpha value is -0.0400. The second-order valence-corrected chi connectivity index (χ2v) is 2.19. The van der Waals surface area contributed by atoms with Crippen LogP contribution in [0.15, 0.2) is 0 Å². The molecule has 1 nitrogen and oxygen atoms in total. The predicted octanol–water partition coefficient (Wildman–Crippen LogP) is 2.42. The minimum Gasteiger partial charge on any atom is -0.381 e. The van der Waals surface area contributed by atoms with Crippen molar-refractivity contribution in [2.45, 2.75) is 33.1 Å². The van der Waals surface area contributed by atoms with Crippen LogP contribution in [0.1, 0.15) is 33.1 Å². The Labute approximate surface area is 58.4 Å². The third-order valence-electron chi connectivity index (χ3n) is 1.18. The zero-order valence-electron chi connectivity index (χ0n) is 6.52. The molecule has 0 heterocycles. The molecule has 0 saturated carbocycles. The molecule has 0 aliphatic heterocycles. The van der Waals surface area contributed by atoms with E-state index in [0.717, 1.165) is 13.2 Å². The average molecular weight is 129 g/mol. The summed E-state index contributed by atoms with van der Waals surface area (Å²) in [4.78, 5) is 0. The molecule has 0 bridgehead atoms. The summed E-state index contributed by atoms with van der Waals surface area (Å²) < 4.78 is 5.23. The highest BCUT2D eigenvalue weighted by atomic mass is 16.5. The first kappa shape index (κ1) is 8.96. The van der Waals surface area contributed by atoms with Crippen molar-refractivity contribution in [3.63, 3.8) is 0 Å². The molecule has 0 fully saturated rings. The molecule has 1 heteroatoms.